The summed E-state index contributed by atoms with van der Waals surface area (Å²) in [6, 6.07) is 8.81. The molecule has 0 fully saturated rings. The SMILES string of the molecule is CCCCC(CC1=CCCCC1)c1ccc(OCC)cc1. The van der Waals surface area contributed by atoms with E-state index in [2.05, 4.69) is 37.3 Å². The van der Waals surface area contributed by atoms with Crippen LogP contribution < -0.4 is 4.74 Å². The Labute approximate surface area is 130 Å². The second kappa shape index (κ2) is 8.92. The maximum atomic E-state index is 5.56. The molecule has 0 radical (unpaired) electrons. The smallest absolute Gasteiger partial charge is 0.119 e. The number of allylic oxidation sites excluding steroid dienone is 2. The number of hydrogen-bond donors (Lipinski definition) is 0. The molecule has 0 bridgehead atoms. The van der Waals surface area contributed by atoms with Crippen molar-refractivity contribution in [2.45, 2.75) is 71.1 Å². The zero-order valence-corrected chi connectivity index (χ0v) is 13.7. The molecule has 21 heavy (non-hydrogen) atoms. The zero-order valence-electron chi connectivity index (χ0n) is 13.7. The van der Waals surface area contributed by atoms with Crippen LogP contribution in [0.2, 0.25) is 0 Å². The minimum atomic E-state index is 0.685. The van der Waals surface area contributed by atoms with Gasteiger partial charge < -0.3 is 4.74 Å². The molecule has 1 aliphatic carbocycles. The molecular weight excluding hydrogens is 256 g/mol. The van der Waals surface area contributed by atoms with Crippen LogP contribution in [0.25, 0.3) is 0 Å². The van der Waals surface area contributed by atoms with Crippen LogP contribution in [0.4, 0.5) is 0 Å². The van der Waals surface area contributed by atoms with Gasteiger partial charge in [-0.2, -0.15) is 0 Å². The molecular formula is C20H30O. The lowest BCUT2D eigenvalue weighted by molar-refractivity contribution is 0.340. The summed E-state index contributed by atoms with van der Waals surface area (Å²) in [6.07, 6.45) is 13.0. The summed E-state index contributed by atoms with van der Waals surface area (Å²) in [5.74, 6) is 1.68. The van der Waals surface area contributed by atoms with Crippen LogP contribution in [0.15, 0.2) is 35.9 Å². The molecule has 0 N–H and O–H groups in total. The molecule has 1 aromatic carbocycles. The molecule has 0 spiro atoms. The Morgan fingerprint density at radius 1 is 1.10 bits per heavy atom. The standard InChI is InChI=1S/C20H30O/c1-3-5-11-19(16-17-9-7-6-8-10-17)18-12-14-20(15-13-18)21-4-2/h9,12-15,19H,3-8,10-11,16H2,1-2H3. The summed E-state index contributed by atoms with van der Waals surface area (Å²) < 4.78 is 5.56. The predicted octanol–water partition coefficient (Wildman–Crippen LogP) is 6.25. The Bertz CT molecular complexity index is 430. The van der Waals surface area contributed by atoms with Gasteiger partial charge in [-0.05, 0) is 69.1 Å². The molecule has 0 saturated carbocycles. The lowest BCUT2D eigenvalue weighted by atomic mass is 9.84. The molecule has 1 aliphatic rings. The first-order valence-corrected chi connectivity index (χ1v) is 8.74. The molecule has 1 unspecified atom stereocenters. The van der Waals surface area contributed by atoms with Crippen molar-refractivity contribution >= 4 is 0 Å². The lowest BCUT2D eigenvalue weighted by Gasteiger charge is -2.21. The third kappa shape index (κ3) is 5.22. The van der Waals surface area contributed by atoms with Gasteiger partial charge in [0.15, 0.2) is 0 Å². The molecule has 0 heterocycles. The molecule has 0 saturated heterocycles. The molecule has 1 heteroatoms. The van der Waals surface area contributed by atoms with E-state index in [1.54, 1.807) is 5.57 Å². The third-order valence-electron chi connectivity index (χ3n) is 4.46. The van der Waals surface area contributed by atoms with E-state index in [1.165, 1.54) is 56.9 Å². The van der Waals surface area contributed by atoms with E-state index in [-0.39, 0.29) is 0 Å². The van der Waals surface area contributed by atoms with E-state index in [4.69, 9.17) is 4.74 Å². The van der Waals surface area contributed by atoms with Gasteiger partial charge in [0, 0.05) is 0 Å². The average Bonchev–Trinajstić information content (AvgIpc) is 2.53. The third-order valence-corrected chi connectivity index (χ3v) is 4.46. The summed E-state index contributed by atoms with van der Waals surface area (Å²) in [4.78, 5) is 0. The number of unbranched alkanes of at least 4 members (excludes halogenated alkanes) is 1. The summed E-state index contributed by atoms with van der Waals surface area (Å²) >= 11 is 0. The van der Waals surface area contributed by atoms with Gasteiger partial charge in [0.25, 0.3) is 0 Å². The molecule has 1 aromatic rings. The Balaban J connectivity index is 2.04. The topological polar surface area (TPSA) is 9.23 Å². The van der Waals surface area contributed by atoms with Crippen molar-refractivity contribution in [3.8, 4) is 5.75 Å². The van der Waals surface area contributed by atoms with Crippen LogP contribution in [-0.2, 0) is 0 Å². The van der Waals surface area contributed by atoms with E-state index in [1.807, 2.05) is 6.92 Å². The van der Waals surface area contributed by atoms with Crippen LogP contribution in [0.5, 0.6) is 5.75 Å². The van der Waals surface area contributed by atoms with Gasteiger partial charge in [-0.15, -0.1) is 0 Å². The van der Waals surface area contributed by atoms with Gasteiger partial charge in [0.2, 0.25) is 0 Å². The molecule has 1 nitrogen and oxygen atoms in total. The van der Waals surface area contributed by atoms with E-state index in [9.17, 15) is 0 Å². The van der Waals surface area contributed by atoms with Crippen LogP contribution in [0, 0.1) is 0 Å². The summed E-state index contributed by atoms with van der Waals surface area (Å²) in [5.41, 5.74) is 3.18. The van der Waals surface area contributed by atoms with E-state index < -0.39 is 0 Å². The van der Waals surface area contributed by atoms with Crippen molar-refractivity contribution in [3.63, 3.8) is 0 Å². The van der Waals surface area contributed by atoms with Gasteiger partial charge >= 0.3 is 0 Å². The van der Waals surface area contributed by atoms with Gasteiger partial charge in [-0.25, -0.2) is 0 Å². The van der Waals surface area contributed by atoms with Crippen LogP contribution in [-0.4, -0.2) is 6.61 Å². The fourth-order valence-electron chi connectivity index (χ4n) is 3.25. The second-order valence-electron chi connectivity index (χ2n) is 6.15. The Morgan fingerprint density at radius 2 is 1.90 bits per heavy atom. The van der Waals surface area contributed by atoms with E-state index >= 15 is 0 Å². The van der Waals surface area contributed by atoms with E-state index in [0.717, 1.165) is 12.4 Å². The van der Waals surface area contributed by atoms with Crippen molar-refractivity contribution in [1.29, 1.82) is 0 Å². The second-order valence-corrected chi connectivity index (χ2v) is 6.15. The summed E-state index contributed by atoms with van der Waals surface area (Å²) in [5, 5.41) is 0. The largest absolute Gasteiger partial charge is 0.494 e. The highest BCUT2D eigenvalue weighted by Crippen LogP contribution is 2.33. The fraction of sp³-hybridized carbons (Fsp3) is 0.600. The molecule has 0 aliphatic heterocycles. The maximum absolute atomic E-state index is 5.56. The van der Waals surface area contributed by atoms with Crippen LogP contribution in [0.1, 0.15) is 76.7 Å². The fourth-order valence-corrected chi connectivity index (χ4v) is 3.25. The number of rotatable bonds is 8. The Morgan fingerprint density at radius 3 is 2.52 bits per heavy atom. The van der Waals surface area contributed by atoms with Crippen molar-refractivity contribution in [2.24, 2.45) is 0 Å². The maximum Gasteiger partial charge on any atom is 0.119 e. The predicted molar refractivity (Wildman–Crippen MR) is 91.0 cm³/mol. The molecule has 2 rings (SSSR count). The molecule has 116 valence electrons. The average molecular weight is 286 g/mol. The highest BCUT2D eigenvalue weighted by molar-refractivity contribution is 5.30. The monoisotopic (exact) mass is 286 g/mol. The molecule has 1 atom stereocenters. The van der Waals surface area contributed by atoms with Gasteiger partial charge in [0.05, 0.1) is 6.61 Å². The van der Waals surface area contributed by atoms with Crippen LogP contribution >= 0.6 is 0 Å². The van der Waals surface area contributed by atoms with Crippen molar-refractivity contribution in [1.82, 2.24) is 0 Å². The Kier molecular flexibility index (Phi) is 6.85. The minimum absolute atomic E-state index is 0.685. The molecule has 0 amide bonds. The highest BCUT2D eigenvalue weighted by Gasteiger charge is 2.15. The first kappa shape index (κ1) is 16.1. The first-order valence-electron chi connectivity index (χ1n) is 8.74. The lowest BCUT2D eigenvalue weighted by Crippen LogP contribution is -2.03. The van der Waals surface area contributed by atoms with Crippen molar-refractivity contribution < 1.29 is 4.74 Å². The normalized spacial score (nSPS) is 16.4. The zero-order chi connectivity index (χ0) is 14.9. The summed E-state index contributed by atoms with van der Waals surface area (Å²) in [7, 11) is 0. The number of benzene rings is 1. The minimum Gasteiger partial charge on any atom is -0.494 e. The van der Waals surface area contributed by atoms with Crippen LogP contribution in [0.3, 0.4) is 0 Å². The quantitative estimate of drug-likeness (QED) is 0.513. The van der Waals surface area contributed by atoms with Crippen molar-refractivity contribution in [3.05, 3.63) is 41.5 Å². The van der Waals surface area contributed by atoms with Gasteiger partial charge in [-0.1, -0.05) is 43.5 Å². The molecule has 0 aromatic heterocycles. The highest BCUT2D eigenvalue weighted by atomic mass is 16.5. The van der Waals surface area contributed by atoms with E-state index in [0.29, 0.717) is 5.92 Å². The summed E-state index contributed by atoms with van der Waals surface area (Å²) in [6.45, 7) is 5.06. The number of ether oxygens (including phenoxy) is 1. The van der Waals surface area contributed by atoms with Gasteiger partial charge in [-0.3, -0.25) is 0 Å². The number of hydrogen-bond acceptors (Lipinski definition) is 1. The Hall–Kier alpha value is -1.24. The van der Waals surface area contributed by atoms with Gasteiger partial charge in [0.1, 0.15) is 5.75 Å². The van der Waals surface area contributed by atoms with Crippen molar-refractivity contribution in [2.75, 3.05) is 6.61 Å². The first-order chi connectivity index (χ1) is 10.3.